The lowest BCUT2D eigenvalue weighted by atomic mass is 10.1. The molecule has 0 spiro atoms. The van der Waals surface area contributed by atoms with Crippen LogP contribution in [0.25, 0.3) is 0 Å². The third-order valence-electron chi connectivity index (χ3n) is 1.75. The molecule has 0 radical (unpaired) electrons. The van der Waals surface area contributed by atoms with Crippen molar-refractivity contribution in [2.75, 3.05) is 0 Å². The SMILES string of the molecule is CCC(=O)c1ccc(CBr)cc1. The fourth-order valence-electron chi connectivity index (χ4n) is 0.984. The molecule has 1 nitrogen and oxygen atoms in total. The molecule has 0 unspecified atom stereocenters. The fourth-order valence-corrected chi connectivity index (χ4v) is 1.36. The monoisotopic (exact) mass is 226 g/mol. The van der Waals surface area contributed by atoms with Crippen molar-refractivity contribution in [3.8, 4) is 0 Å². The molecule has 0 atom stereocenters. The van der Waals surface area contributed by atoms with Crippen molar-refractivity contribution >= 4 is 21.7 Å². The van der Waals surface area contributed by atoms with Gasteiger partial charge < -0.3 is 0 Å². The summed E-state index contributed by atoms with van der Waals surface area (Å²) >= 11 is 3.35. The number of carbonyl (C=O) groups is 1. The quantitative estimate of drug-likeness (QED) is 0.572. The van der Waals surface area contributed by atoms with E-state index in [4.69, 9.17) is 0 Å². The maximum Gasteiger partial charge on any atom is 0.162 e. The Morgan fingerprint density at radius 2 is 1.92 bits per heavy atom. The summed E-state index contributed by atoms with van der Waals surface area (Å²) in [5, 5.41) is 0.841. The van der Waals surface area contributed by atoms with E-state index in [1.54, 1.807) is 0 Å². The molecule has 0 aliphatic rings. The highest BCUT2D eigenvalue weighted by atomic mass is 79.9. The van der Waals surface area contributed by atoms with Crippen LogP contribution >= 0.6 is 15.9 Å². The summed E-state index contributed by atoms with van der Waals surface area (Å²) in [6, 6.07) is 7.69. The van der Waals surface area contributed by atoms with E-state index >= 15 is 0 Å². The fraction of sp³-hybridized carbons (Fsp3) is 0.300. The predicted octanol–water partition coefficient (Wildman–Crippen LogP) is 3.17. The number of halogens is 1. The number of hydrogen-bond donors (Lipinski definition) is 0. The molecule has 0 aliphatic carbocycles. The number of alkyl halides is 1. The summed E-state index contributed by atoms with van der Waals surface area (Å²) in [5.41, 5.74) is 2.00. The molecule has 0 amide bonds. The van der Waals surface area contributed by atoms with Gasteiger partial charge in [-0.05, 0) is 5.56 Å². The average molecular weight is 227 g/mol. The number of Topliss-reactive ketones (excluding diaryl/α,β-unsaturated/α-hetero) is 1. The number of carbonyl (C=O) groups excluding carboxylic acids is 1. The summed E-state index contributed by atoms with van der Waals surface area (Å²) in [7, 11) is 0. The summed E-state index contributed by atoms with van der Waals surface area (Å²) < 4.78 is 0. The topological polar surface area (TPSA) is 17.1 Å². The Kier molecular flexibility index (Phi) is 3.48. The zero-order chi connectivity index (χ0) is 8.97. The van der Waals surface area contributed by atoms with E-state index in [1.807, 2.05) is 31.2 Å². The van der Waals surface area contributed by atoms with E-state index in [1.165, 1.54) is 5.56 Å². The molecule has 64 valence electrons. The van der Waals surface area contributed by atoms with Crippen LogP contribution in [0.5, 0.6) is 0 Å². The first-order valence-corrected chi connectivity index (χ1v) is 5.08. The van der Waals surface area contributed by atoms with Crippen LogP contribution in [0, 0.1) is 0 Å². The molecular weight excluding hydrogens is 216 g/mol. The van der Waals surface area contributed by atoms with Gasteiger partial charge in [-0.2, -0.15) is 0 Å². The Bertz CT molecular complexity index is 264. The molecule has 2 heteroatoms. The van der Waals surface area contributed by atoms with Gasteiger partial charge in [0, 0.05) is 17.3 Å². The first kappa shape index (κ1) is 9.46. The summed E-state index contributed by atoms with van der Waals surface area (Å²) in [5.74, 6) is 0.205. The Balaban J connectivity index is 2.84. The van der Waals surface area contributed by atoms with Gasteiger partial charge >= 0.3 is 0 Å². The van der Waals surface area contributed by atoms with Crippen molar-refractivity contribution in [1.29, 1.82) is 0 Å². The van der Waals surface area contributed by atoms with Gasteiger partial charge in [-0.25, -0.2) is 0 Å². The average Bonchev–Trinajstić information content (AvgIpc) is 2.17. The lowest BCUT2D eigenvalue weighted by Crippen LogP contribution is -1.95. The van der Waals surface area contributed by atoms with Crippen LogP contribution in [0.2, 0.25) is 0 Å². The van der Waals surface area contributed by atoms with E-state index in [0.29, 0.717) is 6.42 Å². The van der Waals surface area contributed by atoms with Crippen LogP contribution in [0.1, 0.15) is 29.3 Å². The van der Waals surface area contributed by atoms with Crippen molar-refractivity contribution in [2.24, 2.45) is 0 Å². The molecule has 1 rings (SSSR count). The Morgan fingerprint density at radius 3 is 2.33 bits per heavy atom. The van der Waals surface area contributed by atoms with Crippen LogP contribution in [0.4, 0.5) is 0 Å². The molecule has 0 saturated heterocycles. The van der Waals surface area contributed by atoms with E-state index in [2.05, 4.69) is 15.9 Å². The standard InChI is InChI=1S/C10H11BrO/c1-2-10(12)9-5-3-8(7-11)4-6-9/h3-6H,2,7H2,1H3. The summed E-state index contributed by atoms with van der Waals surface area (Å²) in [6.45, 7) is 1.88. The maximum atomic E-state index is 11.2. The molecule has 0 N–H and O–H groups in total. The van der Waals surface area contributed by atoms with Crippen LogP contribution < -0.4 is 0 Å². The maximum absolute atomic E-state index is 11.2. The number of hydrogen-bond acceptors (Lipinski definition) is 1. The molecule has 0 heterocycles. The lowest BCUT2D eigenvalue weighted by Gasteiger charge is -1.98. The number of ketones is 1. The molecule has 1 aromatic rings. The van der Waals surface area contributed by atoms with Crippen LogP contribution in [0.15, 0.2) is 24.3 Å². The van der Waals surface area contributed by atoms with Crippen molar-refractivity contribution < 1.29 is 4.79 Å². The Labute approximate surface area is 80.9 Å². The van der Waals surface area contributed by atoms with Crippen LogP contribution in [-0.2, 0) is 5.33 Å². The van der Waals surface area contributed by atoms with Crippen molar-refractivity contribution in [3.63, 3.8) is 0 Å². The van der Waals surface area contributed by atoms with E-state index in [-0.39, 0.29) is 5.78 Å². The molecule has 0 fully saturated rings. The van der Waals surface area contributed by atoms with Crippen molar-refractivity contribution in [1.82, 2.24) is 0 Å². The van der Waals surface area contributed by atoms with Gasteiger partial charge in [0.2, 0.25) is 0 Å². The molecule has 1 aromatic carbocycles. The normalized spacial score (nSPS) is 9.83. The third kappa shape index (κ3) is 2.18. The van der Waals surface area contributed by atoms with Gasteiger partial charge in [0.15, 0.2) is 5.78 Å². The molecule has 0 aromatic heterocycles. The highest BCUT2D eigenvalue weighted by molar-refractivity contribution is 9.08. The van der Waals surface area contributed by atoms with E-state index in [0.717, 1.165) is 10.9 Å². The van der Waals surface area contributed by atoms with Gasteiger partial charge in [-0.1, -0.05) is 47.1 Å². The minimum Gasteiger partial charge on any atom is -0.294 e. The van der Waals surface area contributed by atoms with Gasteiger partial charge in [-0.3, -0.25) is 4.79 Å². The van der Waals surface area contributed by atoms with E-state index < -0.39 is 0 Å². The second kappa shape index (κ2) is 4.41. The second-order valence-corrected chi connectivity index (χ2v) is 3.17. The summed E-state index contributed by atoms with van der Waals surface area (Å²) in [4.78, 5) is 11.2. The number of benzene rings is 1. The second-order valence-electron chi connectivity index (χ2n) is 2.61. The largest absolute Gasteiger partial charge is 0.294 e. The zero-order valence-corrected chi connectivity index (χ0v) is 8.60. The first-order chi connectivity index (χ1) is 5.77. The zero-order valence-electron chi connectivity index (χ0n) is 7.01. The molecule has 0 saturated carbocycles. The van der Waals surface area contributed by atoms with Crippen LogP contribution in [0.3, 0.4) is 0 Å². The Hall–Kier alpha value is -0.630. The minimum atomic E-state index is 0.205. The third-order valence-corrected chi connectivity index (χ3v) is 2.40. The van der Waals surface area contributed by atoms with E-state index in [9.17, 15) is 4.79 Å². The number of rotatable bonds is 3. The molecule has 0 bridgehead atoms. The minimum absolute atomic E-state index is 0.205. The van der Waals surface area contributed by atoms with Crippen molar-refractivity contribution in [2.45, 2.75) is 18.7 Å². The summed E-state index contributed by atoms with van der Waals surface area (Å²) in [6.07, 6.45) is 0.577. The van der Waals surface area contributed by atoms with Gasteiger partial charge in [0.1, 0.15) is 0 Å². The molecule has 0 aliphatic heterocycles. The molecular formula is C10H11BrO. The van der Waals surface area contributed by atoms with Crippen LogP contribution in [-0.4, -0.2) is 5.78 Å². The predicted molar refractivity (Wildman–Crippen MR) is 53.7 cm³/mol. The highest BCUT2D eigenvalue weighted by Gasteiger charge is 2.00. The highest BCUT2D eigenvalue weighted by Crippen LogP contribution is 2.09. The van der Waals surface area contributed by atoms with Crippen molar-refractivity contribution in [3.05, 3.63) is 35.4 Å². The Morgan fingerprint density at radius 1 is 1.33 bits per heavy atom. The first-order valence-electron chi connectivity index (χ1n) is 3.96. The molecule has 12 heavy (non-hydrogen) atoms. The smallest absolute Gasteiger partial charge is 0.162 e. The van der Waals surface area contributed by atoms with Gasteiger partial charge in [0.05, 0.1) is 0 Å². The van der Waals surface area contributed by atoms with Gasteiger partial charge in [0.25, 0.3) is 0 Å². The van der Waals surface area contributed by atoms with Gasteiger partial charge in [-0.15, -0.1) is 0 Å². The lowest BCUT2D eigenvalue weighted by molar-refractivity contribution is 0.0988.